The second-order valence-electron chi connectivity index (χ2n) is 24.2. The minimum Gasteiger partial charge on any atom is -0.468 e. The van der Waals surface area contributed by atoms with Crippen LogP contribution in [-0.2, 0) is 32.5 Å². The van der Waals surface area contributed by atoms with Crippen LogP contribution in [0.15, 0.2) is 77.2 Å². The van der Waals surface area contributed by atoms with Crippen LogP contribution < -0.4 is 26.4 Å². The maximum Gasteiger partial charge on any atom is 0.297 e. The van der Waals surface area contributed by atoms with Gasteiger partial charge in [-0.3, -0.25) is 0 Å². The summed E-state index contributed by atoms with van der Waals surface area (Å²) in [6.07, 6.45) is 4.62. The summed E-state index contributed by atoms with van der Waals surface area (Å²) in [5.41, 5.74) is 25.4. The molecule has 0 N–H and O–H groups in total. The van der Waals surface area contributed by atoms with Gasteiger partial charge in [-0.2, -0.15) is 0 Å². The fraction of sp³-hybridized carbons (Fsp3) is 0.439. The Kier molecular flexibility index (Phi) is 7.61. The molecule has 1 aromatic heterocycles. The number of aryl methyl sites for hydroxylation is 2. The summed E-state index contributed by atoms with van der Waals surface area (Å²) in [6.45, 7) is 35.9. The molecular formula is C57H65BN2O. The summed E-state index contributed by atoms with van der Waals surface area (Å²) in [6, 6.07) is 29.6. The Balaban J connectivity index is 1.28. The van der Waals surface area contributed by atoms with Crippen molar-refractivity contribution < 1.29 is 4.42 Å². The lowest BCUT2D eigenvalue weighted by Gasteiger charge is -2.54. The van der Waals surface area contributed by atoms with E-state index in [4.69, 9.17) is 4.42 Å². The van der Waals surface area contributed by atoms with Crippen molar-refractivity contribution >= 4 is 68.4 Å². The van der Waals surface area contributed by atoms with Gasteiger partial charge in [-0.05, 0) is 164 Å². The van der Waals surface area contributed by atoms with Crippen LogP contribution in [0.1, 0.15) is 166 Å². The number of anilines is 6. The lowest BCUT2D eigenvalue weighted by molar-refractivity contribution is 0.332. The monoisotopic (exact) mass is 805 g/mol. The molecule has 3 aliphatic heterocycles. The average Bonchev–Trinajstić information content (AvgIpc) is 3.55. The van der Waals surface area contributed by atoms with Crippen LogP contribution in [0.2, 0.25) is 0 Å². The number of benzene rings is 5. The first-order chi connectivity index (χ1) is 28.4. The van der Waals surface area contributed by atoms with Crippen molar-refractivity contribution in [3.05, 3.63) is 123 Å². The fourth-order valence-electron chi connectivity index (χ4n) is 12.5. The SMILES string of the molecule is Cc1cc2c3c(c1)N(c1ccc(C(C)(C)C)cc1C)c1c(oc4cc5c(cc14)C(C)(C)CCC5(C)C)B3c1ccc3c4c1N2c1ccc(C(C)(C)C)cc1C4(C)CCC3(C)C. The van der Waals surface area contributed by atoms with E-state index in [2.05, 4.69) is 186 Å². The molecule has 312 valence electrons. The maximum atomic E-state index is 7.58. The molecule has 5 aromatic carbocycles. The summed E-state index contributed by atoms with van der Waals surface area (Å²) < 4.78 is 7.58. The standard InChI is InChI=1S/C57H65BN2O/c1-32-26-44-48-45(27-32)60-43-21-17-35(53(6,7)8)29-40(43)57(15)25-24-54(9,10)37-18-19-41(50(60)47(37)57)58(48)51-49(59(44)42-20-16-34(28-33(42)2)52(3,4)5)36-30-38-39(31-46(36)61-51)56(13,14)23-22-55(38,11)12/h16-21,26-31H,22-25H2,1-15H3. The van der Waals surface area contributed by atoms with Gasteiger partial charge < -0.3 is 14.2 Å². The first-order valence-corrected chi connectivity index (χ1v) is 23.2. The van der Waals surface area contributed by atoms with Crippen molar-refractivity contribution in [2.75, 3.05) is 9.80 Å². The lowest BCUT2D eigenvalue weighted by atomic mass is 9.34. The molecule has 4 heteroatoms. The van der Waals surface area contributed by atoms with E-state index in [0.29, 0.717) is 0 Å². The van der Waals surface area contributed by atoms with Crippen molar-refractivity contribution in [1.29, 1.82) is 0 Å². The Bertz CT molecular complexity index is 2920. The van der Waals surface area contributed by atoms with E-state index in [1.165, 1.54) is 113 Å². The zero-order valence-electron chi connectivity index (χ0n) is 39.6. The fourth-order valence-corrected chi connectivity index (χ4v) is 12.5. The van der Waals surface area contributed by atoms with Gasteiger partial charge in [0.15, 0.2) is 0 Å². The zero-order valence-corrected chi connectivity index (χ0v) is 39.6. The van der Waals surface area contributed by atoms with E-state index >= 15 is 0 Å². The Morgan fingerprint density at radius 3 is 1.72 bits per heavy atom. The molecule has 6 aromatic rings. The van der Waals surface area contributed by atoms with Crippen LogP contribution >= 0.6 is 0 Å². The Labute approximate surface area is 366 Å². The summed E-state index contributed by atoms with van der Waals surface area (Å²) >= 11 is 0. The number of nitrogens with zero attached hydrogens (tertiary/aromatic N) is 2. The molecule has 1 unspecified atom stereocenters. The first kappa shape index (κ1) is 39.2. The zero-order chi connectivity index (χ0) is 43.3. The minimum absolute atomic E-state index is 0.0437. The molecule has 4 heterocycles. The Hall–Kier alpha value is -4.70. The van der Waals surface area contributed by atoms with E-state index in [9.17, 15) is 0 Å². The molecule has 1 atom stereocenters. The number of fused-ring (bicyclic) bond motifs is 10. The molecule has 0 amide bonds. The molecule has 0 radical (unpaired) electrons. The molecule has 0 bridgehead atoms. The smallest absolute Gasteiger partial charge is 0.297 e. The quantitative estimate of drug-likeness (QED) is 0.154. The van der Waals surface area contributed by atoms with Gasteiger partial charge in [0, 0.05) is 33.6 Å². The van der Waals surface area contributed by atoms with Crippen molar-refractivity contribution in [1.82, 2.24) is 0 Å². The largest absolute Gasteiger partial charge is 0.468 e. The van der Waals surface area contributed by atoms with Gasteiger partial charge in [0.2, 0.25) is 0 Å². The van der Waals surface area contributed by atoms with E-state index in [1.54, 1.807) is 0 Å². The second-order valence-corrected chi connectivity index (χ2v) is 24.2. The number of hydrogen-bond donors (Lipinski definition) is 0. The van der Waals surface area contributed by atoms with Gasteiger partial charge >= 0.3 is 0 Å². The van der Waals surface area contributed by atoms with Gasteiger partial charge in [0.1, 0.15) is 5.58 Å². The van der Waals surface area contributed by atoms with E-state index in [0.717, 1.165) is 24.1 Å². The number of furan rings is 1. The molecule has 0 fully saturated rings. The van der Waals surface area contributed by atoms with Gasteiger partial charge in [0.25, 0.3) is 6.71 Å². The van der Waals surface area contributed by atoms with Crippen molar-refractivity contribution in [2.45, 2.75) is 162 Å². The van der Waals surface area contributed by atoms with Crippen LogP contribution in [0.4, 0.5) is 34.1 Å². The molecular weight excluding hydrogens is 739 g/mol. The molecule has 5 aliphatic rings. The highest BCUT2D eigenvalue weighted by Crippen LogP contribution is 2.61. The molecule has 2 aliphatic carbocycles. The number of hydrogen-bond acceptors (Lipinski definition) is 3. The van der Waals surface area contributed by atoms with Crippen LogP contribution in [0, 0.1) is 13.8 Å². The van der Waals surface area contributed by atoms with Crippen LogP contribution in [0.25, 0.3) is 11.0 Å². The van der Waals surface area contributed by atoms with Crippen molar-refractivity contribution in [2.24, 2.45) is 0 Å². The third-order valence-electron chi connectivity index (χ3n) is 16.5. The topological polar surface area (TPSA) is 19.6 Å². The molecule has 0 saturated carbocycles. The molecule has 61 heavy (non-hydrogen) atoms. The van der Waals surface area contributed by atoms with Gasteiger partial charge in [0.05, 0.1) is 17.0 Å². The molecule has 3 nitrogen and oxygen atoms in total. The minimum atomic E-state index is -0.118. The highest BCUT2D eigenvalue weighted by molar-refractivity contribution is 7.00. The second kappa shape index (κ2) is 11.9. The van der Waals surface area contributed by atoms with Crippen LogP contribution in [-0.4, -0.2) is 6.71 Å². The predicted octanol–water partition coefficient (Wildman–Crippen LogP) is 13.8. The van der Waals surface area contributed by atoms with E-state index < -0.39 is 0 Å². The van der Waals surface area contributed by atoms with Crippen LogP contribution in [0.5, 0.6) is 0 Å². The van der Waals surface area contributed by atoms with Gasteiger partial charge in [-0.25, -0.2) is 0 Å². The Morgan fingerprint density at radius 1 is 0.541 bits per heavy atom. The maximum absolute atomic E-state index is 7.58. The third-order valence-corrected chi connectivity index (χ3v) is 16.5. The predicted molar refractivity (Wildman–Crippen MR) is 261 cm³/mol. The summed E-state index contributed by atoms with van der Waals surface area (Å²) in [7, 11) is 0. The Morgan fingerprint density at radius 2 is 1.10 bits per heavy atom. The molecule has 0 saturated heterocycles. The van der Waals surface area contributed by atoms with E-state index in [-0.39, 0.29) is 39.2 Å². The highest BCUT2D eigenvalue weighted by atomic mass is 16.3. The van der Waals surface area contributed by atoms with Crippen molar-refractivity contribution in [3.63, 3.8) is 0 Å². The van der Waals surface area contributed by atoms with Crippen molar-refractivity contribution in [3.8, 4) is 0 Å². The summed E-state index contributed by atoms with van der Waals surface area (Å²) in [5, 5.41) is 1.23. The first-order valence-electron chi connectivity index (χ1n) is 23.2. The van der Waals surface area contributed by atoms with Crippen LogP contribution in [0.3, 0.4) is 0 Å². The molecule has 0 spiro atoms. The van der Waals surface area contributed by atoms with Gasteiger partial charge in [-0.15, -0.1) is 0 Å². The third kappa shape index (κ3) is 5.17. The van der Waals surface area contributed by atoms with E-state index in [1.807, 2.05) is 0 Å². The lowest BCUT2D eigenvalue weighted by Crippen LogP contribution is -2.62. The summed E-state index contributed by atoms with van der Waals surface area (Å²) in [5.74, 6) is 0. The number of rotatable bonds is 1. The van der Waals surface area contributed by atoms with Gasteiger partial charge in [-0.1, -0.05) is 126 Å². The average molecular weight is 805 g/mol. The normalized spacial score (nSPS) is 21.1. The summed E-state index contributed by atoms with van der Waals surface area (Å²) in [4.78, 5) is 5.31. The molecule has 11 rings (SSSR count). The highest BCUT2D eigenvalue weighted by Gasteiger charge is 2.55.